The van der Waals surface area contributed by atoms with E-state index in [0.29, 0.717) is 6.54 Å². The second kappa shape index (κ2) is 4.11. The predicted octanol–water partition coefficient (Wildman–Crippen LogP) is 2.76. The van der Waals surface area contributed by atoms with Crippen molar-refractivity contribution in [1.82, 2.24) is 4.57 Å². The van der Waals surface area contributed by atoms with E-state index >= 15 is 0 Å². The van der Waals surface area contributed by atoms with Crippen LogP contribution in [0.25, 0.3) is 10.4 Å². The number of rotatable bonds is 3. The smallest absolute Gasteiger partial charge is 0.219 e. The lowest BCUT2D eigenvalue weighted by molar-refractivity contribution is -0.140. The zero-order chi connectivity index (χ0) is 12.6. The Balaban J connectivity index is 2.68. The van der Waals surface area contributed by atoms with Crippen molar-refractivity contribution < 1.29 is 4.79 Å². The Kier molecular flexibility index (Phi) is 3.35. The average molecular weight is 240 g/mol. The lowest BCUT2D eigenvalue weighted by Gasteiger charge is -2.53. The average Bonchev–Trinajstić information content (AvgIpc) is 2.13. The van der Waals surface area contributed by atoms with Gasteiger partial charge in [-0.3, -0.25) is 4.79 Å². The second-order valence-electron chi connectivity index (χ2n) is 5.87. The molecular formula is C10H20N4OSi. The van der Waals surface area contributed by atoms with Gasteiger partial charge in [-0.05, 0) is 10.6 Å². The van der Waals surface area contributed by atoms with Crippen LogP contribution < -0.4 is 0 Å². The van der Waals surface area contributed by atoms with Gasteiger partial charge in [-0.1, -0.05) is 39.0 Å². The monoisotopic (exact) mass is 240 g/mol. The minimum absolute atomic E-state index is 0.0787. The summed E-state index contributed by atoms with van der Waals surface area (Å²) in [6, 6.07) is 0. The van der Waals surface area contributed by atoms with E-state index in [9.17, 15) is 4.79 Å². The summed E-state index contributed by atoms with van der Waals surface area (Å²) < 4.78 is 2.02. The molecule has 1 unspecified atom stereocenters. The molecule has 0 radical (unpaired) electrons. The van der Waals surface area contributed by atoms with Gasteiger partial charge in [0.15, 0.2) is 8.24 Å². The number of amides is 1. The summed E-state index contributed by atoms with van der Waals surface area (Å²) in [5.74, 6) is 0.0871. The van der Waals surface area contributed by atoms with Crippen LogP contribution >= 0.6 is 0 Å². The van der Waals surface area contributed by atoms with Crippen LogP contribution in [0.15, 0.2) is 5.11 Å². The van der Waals surface area contributed by atoms with Crippen molar-refractivity contribution in [2.75, 3.05) is 13.1 Å². The number of hydrogen-bond donors (Lipinski definition) is 0. The van der Waals surface area contributed by atoms with Crippen LogP contribution in [-0.4, -0.2) is 31.8 Å². The normalized spacial score (nSPS) is 21.4. The van der Waals surface area contributed by atoms with Gasteiger partial charge in [-0.25, -0.2) is 0 Å². The summed E-state index contributed by atoms with van der Waals surface area (Å²) in [5, 5.41) is 3.64. The first kappa shape index (κ1) is 13.1. The van der Waals surface area contributed by atoms with Gasteiger partial charge in [0.1, 0.15) is 0 Å². The molecule has 1 fully saturated rings. The zero-order valence-corrected chi connectivity index (χ0v) is 11.7. The predicted molar refractivity (Wildman–Crippen MR) is 66.4 cm³/mol. The molecule has 1 aliphatic heterocycles. The highest BCUT2D eigenvalue weighted by atomic mass is 28.3. The Morgan fingerprint density at radius 2 is 2.12 bits per heavy atom. The summed E-state index contributed by atoms with van der Waals surface area (Å²) in [6.45, 7) is 12.1. The molecular weight excluding hydrogens is 220 g/mol. The number of carbonyl (C=O) groups excluding carboxylic acids is 1. The maximum absolute atomic E-state index is 11.9. The van der Waals surface area contributed by atoms with E-state index in [1.165, 1.54) is 0 Å². The largest absolute Gasteiger partial charge is 0.368 e. The van der Waals surface area contributed by atoms with E-state index in [1.54, 1.807) is 0 Å². The molecule has 1 amide bonds. The van der Waals surface area contributed by atoms with Gasteiger partial charge >= 0.3 is 0 Å². The molecule has 1 aliphatic rings. The molecule has 0 spiro atoms. The van der Waals surface area contributed by atoms with Crippen molar-refractivity contribution in [3.63, 3.8) is 0 Å². The van der Waals surface area contributed by atoms with E-state index in [1.807, 2.05) is 4.57 Å². The third-order valence-electron chi connectivity index (χ3n) is 3.89. The molecule has 6 heteroatoms. The molecule has 0 bridgehead atoms. The van der Waals surface area contributed by atoms with Gasteiger partial charge in [-0.15, -0.1) is 0 Å². The molecule has 1 saturated heterocycles. The first-order valence-corrected chi connectivity index (χ1v) is 8.49. The molecule has 16 heavy (non-hydrogen) atoms. The second-order valence-corrected chi connectivity index (χ2v) is 11.0. The number of hydrogen-bond acceptors (Lipinski definition) is 2. The van der Waals surface area contributed by atoms with Gasteiger partial charge in [-0.2, -0.15) is 0 Å². The van der Waals surface area contributed by atoms with Gasteiger partial charge < -0.3 is 4.57 Å². The summed E-state index contributed by atoms with van der Waals surface area (Å²) in [7, 11) is -1.72. The van der Waals surface area contributed by atoms with E-state index in [2.05, 4.69) is 43.9 Å². The molecule has 1 atom stereocenters. The van der Waals surface area contributed by atoms with E-state index < -0.39 is 8.24 Å². The molecule has 0 aromatic rings. The van der Waals surface area contributed by atoms with Gasteiger partial charge in [0.05, 0.1) is 5.92 Å². The van der Waals surface area contributed by atoms with Crippen LogP contribution in [0.3, 0.4) is 0 Å². The van der Waals surface area contributed by atoms with Crippen LogP contribution in [0.5, 0.6) is 0 Å². The molecule has 0 aromatic carbocycles. The Morgan fingerprint density at radius 1 is 1.56 bits per heavy atom. The third-order valence-corrected chi connectivity index (χ3v) is 9.32. The quantitative estimate of drug-likeness (QED) is 0.246. The molecule has 90 valence electrons. The highest BCUT2D eigenvalue weighted by Crippen LogP contribution is 2.41. The first-order valence-electron chi connectivity index (χ1n) is 5.54. The fourth-order valence-corrected chi connectivity index (χ4v) is 3.90. The Labute approximate surface area is 97.5 Å². The minimum Gasteiger partial charge on any atom is -0.368 e. The molecule has 0 aromatic heterocycles. The maximum atomic E-state index is 11.9. The fraction of sp³-hybridized carbons (Fsp3) is 0.900. The molecule has 0 aliphatic carbocycles. The topological polar surface area (TPSA) is 69.1 Å². The van der Waals surface area contributed by atoms with Gasteiger partial charge in [0, 0.05) is 18.0 Å². The Bertz CT molecular complexity index is 341. The highest BCUT2D eigenvalue weighted by molar-refractivity contribution is 6.79. The molecule has 0 saturated carbocycles. The van der Waals surface area contributed by atoms with Crippen LogP contribution in [0.1, 0.15) is 20.8 Å². The van der Waals surface area contributed by atoms with Crippen molar-refractivity contribution in [3.8, 4) is 0 Å². The molecule has 1 rings (SSSR count). The Hall–Kier alpha value is -1.00. The molecule has 0 N–H and O–H groups in total. The summed E-state index contributed by atoms with van der Waals surface area (Å²) in [5.41, 5.74) is 8.22. The van der Waals surface area contributed by atoms with E-state index in [4.69, 9.17) is 5.53 Å². The van der Waals surface area contributed by atoms with Crippen molar-refractivity contribution in [2.45, 2.75) is 38.9 Å². The molecule has 1 heterocycles. The van der Waals surface area contributed by atoms with Crippen molar-refractivity contribution in [2.24, 2.45) is 11.0 Å². The maximum Gasteiger partial charge on any atom is 0.219 e. The van der Waals surface area contributed by atoms with Crippen LogP contribution in [-0.2, 0) is 4.79 Å². The standard InChI is InChI=1S/C10H20N4OSi/c1-10(2,3)16(4,5)14-7-8(9(14)15)6-12-13-11/h8H,6-7H2,1-5H3. The minimum atomic E-state index is -1.72. The van der Waals surface area contributed by atoms with Crippen LogP contribution in [0.4, 0.5) is 0 Å². The SMILES string of the molecule is CC(C)(C)[Si](C)(C)N1CC(CN=[N+]=[N-])C1=O. The highest BCUT2D eigenvalue weighted by Gasteiger charge is 2.50. The first-order chi connectivity index (χ1) is 7.21. The summed E-state index contributed by atoms with van der Waals surface area (Å²) >= 11 is 0. The van der Waals surface area contributed by atoms with Crippen LogP contribution in [0, 0.1) is 5.92 Å². The third kappa shape index (κ3) is 2.08. The number of nitrogens with zero attached hydrogens (tertiary/aromatic N) is 4. The van der Waals surface area contributed by atoms with Crippen LogP contribution in [0.2, 0.25) is 18.1 Å². The van der Waals surface area contributed by atoms with Crippen molar-refractivity contribution >= 4 is 14.1 Å². The zero-order valence-electron chi connectivity index (χ0n) is 10.7. The van der Waals surface area contributed by atoms with Crippen molar-refractivity contribution in [3.05, 3.63) is 10.4 Å². The number of β-lactam (4-membered cyclic amide) rings is 1. The van der Waals surface area contributed by atoms with Crippen molar-refractivity contribution in [1.29, 1.82) is 0 Å². The summed E-state index contributed by atoms with van der Waals surface area (Å²) in [6.07, 6.45) is 0. The summed E-state index contributed by atoms with van der Waals surface area (Å²) in [4.78, 5) is 14.6. The van der Waals surface area contributed by atoms with E-state index in [-0.39, 0.29) is 16.9 Å². The number of carbonyl (C=O) groups is 1. The molecule has 5 nitrogen and oxygen atoms in total. The Morgan fingerprint density at radius 3 is 2.50 bits per heavy atom. The lowest BCUT2D eigenvalue weighted by atomic mass is 10.0. The van der Waals surface area contributed by atoms with Gasteiger partial charge in [0.2, 0.25) is 5.91 Å². The fourth-order valence-electron chi connectivity index (χ4n) is 1.68. The lowest BCUT2D eigenvalue weighted by Crippen LogP contribution is -2.67. The van der Waals surface area contributed by atoms with Gasteiger partial charge in [0.25, 0.3) is 0 Å². The van der Waals surface area contributed by atoms with E-state index in [0.717, 1.165) is 6.54 Å². The number of azide groups is 1.